The number of ether oxygens (including phenoxy) is 3. The van der Waals surface area contributed by atoms with Gasteiger partial charge in [-0.15, -0.1) is 0 Å². The molecule has 5 aromatic rings. The number of carbonyl (C=O) groups excluding carboxylic acids is 1. The van der Waals surface area contributed by atoms with Crippen LogP contribution >= 0.6 is 0 Å². The fourth-order valence-electron chi connectivity index (χ4n) is 3.89. The van der Waals surface area contributed by atoms with Crippen LogP contribution < -0.4 is 14.8 Å². The zero-order valence-corrected chi connectivity index (χ0v) is 19.5. The lowest BCUT2D eigenvalue weighted by molar-refractivity contribution is 0.102. The van der Waals surface area contributed by atoms with Gasteiger partial charge in [-0.3, -0.25) is 13.9 Å². The molecule has 0 atom stereocenters. The van der Waals surface area contributed by atoms with E-state index in [9.17, 15) is 4.79 Å². The Balaban J connectivity index is 1.35. The van der Waals surface area contributed by atoms with E-state index in [0.717, 1.165) is 22.2 Å². The van der Waals surface area contributed by atoms with Gasteiger partial charge in [0.15, 0.2) is 0 Å². The molecule has 2 aromatic carbocycles. The van der Waals surface area contributed by atoms with Gasteiger partial charge in [0.2, 0.25) is 0 Å². The first-order valence-corrected chi connectivity index (χ1v) is 11.1. The summed E-state index contributed by atoms with van der Waals surface area (Å²) in [6.45, 7) is 1.54. The standard InChI is InChI=1S/C26H25N5O4/c1-33-12-13-35-20-10-11-30-24(16-27-25(30)14-20)26(32)29-22-4-3-5-23-21(22)15-28-31(23)17-18-6-8-19(34-2)9-7-18/h3-11,14-16H,12-13,17H2,1-2H3,(H,29,32). The summed E-state index contributed by atoms with van der Waals surface area (Å²) >= 11 is 0. The molecule has 0 radical (unpaired) electrons. The number of nitrogens with one attached hydrogen (secondary N) is 1. The molecule has 0 spiro atoms. The highest BCUT2D eigenvalue weighted by Crippen LogP contribution is 2.25. The second kappa shape index (κ2) is 9.86. The Morgan fingerprint density at radius 1 is 1.00 bits per heavy atom. The Bertz CT molecular complexity index is 1470. The molecular formula is C26H25N5O4. The second-order valence-electron chi connectivity index (χ2n) is 7.92. The van der Waals surface area contributed by atoms with Crippen LogP contribution in [0.25, 0.3) is 16.6 Å². The summed E-state index contributed by atoms with van der Waals surface area (Å²) < 4.78 is 19.5. The minimum absolute atomic E-state index is 0.263. The molecule has 35 heavy (non-hydrogen) atoms. The van der Waals surface area contributed by atoms with Crippen LogP contribution in [-0.4, -0.2) is 52.5 Å². The third kappa shape index (κ3) is 4.67. The van der Waals surface area contributed by atoms with E-state index in [0.29, 0.717) is 42.5 Å². The lowest BCUT2D eigenvalue weighted by Gasteiger charge is -2.09. The molecule has 9 nitrogen and oxygen atoms in total. The Morgan fingerprint density at radius 2 is 1.86 bits per heavy atom. The highest BCUT2D eigenvalue weighted by atomic mass is 16.5. The van der Waals surface area contributed by atoms with Crippen molar-refractivity contribution in [3.8, 4) is 11.5 Å². The topological polar surface area (TPSA) is 91.9 Å². The lowest BCUT2D eigenvalue weighted by atomic mass is 10.2. The fourth-order valence-corrected chi connectivity index (χ4v) is 3.89. The molecule has 1 amide bonds. The van der Waals surface area contributed by atoms with Crippen molar-refractivity contribution >= 4 is 28.1 Å². The van der Waals surface area contributed by atoms with Crippen molar-refractivity contribution in [1.82, 2.24) is 19.2 Å². The number of rotatable bonds is 9. The van der Waals surface area contributed by atoms with Gasteiger partial charge in [0.1, 0.15) is 29.4 Å². The Morgan fingerprint density at radius 3 is 2.66 bits per heavy atom. The largest absolute Gasteiger partial charge is 0.497 e. The maximum absolute atomic E-state index is 13.1. The quantitative estimate of drug-likeness (QED) is 0.327. The summed E-state index contributed by atoms with van der Waals surface area (Å²) in [4.78, 5) is 17.5. The molecular weight excluding hydrogens is 446 g/mol. The van der Waals surface area contributed by atoms with E-state index in [1.807, 2.05) is 47.1 Å². The van der Waals surface area contributed by atoms with Gasteiger partial charge in [-0.2, -0.15) is 5.10 Å². The van der Waals surface area contributed by atoms with Gasteiger partial charge in [-0.05, 0) is 35.9 Å². The van der Waals surface area contributed by atoms with Gasteiger partial charge < -0.3 is 19.5 Å². The number of nitrogens with zero attached hydrogens (tertiary/aromatic N) is 4. The van der Waals surface area contributed by atoms with Crippen LogP contribution in [0, 0.1) is 0 Å². The van der Waals surface area contributed by atoms with E-state index in [1.54, 1.807) is 49.3 Å². The molecule has 0 unspecified atom stereocenters. The van der Waals surface area contributed by atoms with Crippen LogP contribution in [0.15, 0.2) is 73.2 Å². The maximum atomic E-state index is 13.1. The summed E-state index contributed by atoms with van der Waals surface area (Å²) in [7, 11) is 3.27. The molecule has 0 aliphatic carbocycles. The van der Waals surface area contributed by atoms with Crippen LogP contribution in [0.3, 0.4) is 0 Å². The van der Waals surface area contributed by atoms with Crippen LogP contribution in [0.4, 0.5) is 5.69 Å². The first-order valence-electron chi connectivity index (χ1n) is 11.1. The van der Waals surface area contributed by atoms with E-state index >= 15 is 0 Å². The summed E-state index contributed by atoms with van der Waals surface area (Å²) in [5.74, 6) is 1.22. The highest BCUT2D eigenvalue weighted by molar-refractivity contribution is 6.08. The van der Waals surface area contributed by atoms with Crippen molar-refractivity contribution in [1.29, 1.82) is 0 Å². The summed E-state index contributed by atoms with van der Waals surface area (Å²) in [5, 5.41) is 8.42. The van der Waals surface area contributed by atoms with Crippen molar-refractivity contribution in [2.45, 2.75) is 6.54 Å². The Labute approximate surface area is 201 Å². The number of hydrogen-bond donors (Lipinski definition) is 1. The molecule has 0 saturated heterocycles. The number of benzene rings is 2. The molecule has 0 saturated carbocycles. The van der Waals surface area contributed by atoms with E-state index in [2.05, 4.69) is 15.4 Å². The van der Waals surface area contributed by atoms with Crippen molar-refractivity contribution < 1.29 is 19.0 Å². The highest BCUT2D eigenvalue weighted by Gasteiger charge is 2.15. The molecule has 3 aromatic heterocycles. The zero-order valence-electron chi connectivity index (χ0n) is 19.5. The van der Waals surface area contributed by atoms with E-state index in [4.69, 9.17) is 14.2 Å². The van der Waals surface area contributed by atoms with Crippen molar-refractivity contribution in [2.24, 2.45) is 0 Å². The summed E-state index contributed by atoms with van der Waals surface area (Å²) in [6, 6.07) is 17.2. The second-order valence-corrected chi connectivity index (χ2v) is 7.92. The lowest BCUT2D eigenvalue weighted by Crippen LogP contribution is -2.14. The first kappa shape index (κ1) is 22.4. The normalized spacial score (nSPS) is 11.1. The van der Waals surface area contributed by atoms with Crippen molar-refractivity contribution in [3.05, 3.63) is 84.4 Å². The number of pyridine rings is 1. The van der Waals surface area contributed by atoms with Crippen LogP contribution in [0.1, 0.15) is 16.1 Å². The van der Waals surface area contributed by atoms with Gasteiger partial charge in [-0.1, -0.05) is 18.2 Å². The van der Waals surface area contributed by atoms with Crippen LogP contribution in [0.5, 0.6) is 11.5 Å². The summed E-state index contributed by atoms with van der Waals surface area (Å²) in [5.41, 5.74) is 3.75. The van der Waals surface area contributed by atoms with E-state index in [1.165, 1.54) is 0 Å². The van der Waals surface area contributed by atoms with Gasteiger partial charge in [0.05, 0.1) is 43.9 Å². The Hall–Kier alpha value is -4.37. The molecule has 0 fully saturated rings. The molecule has 0 aliphatic heterocycles. The molecule has 178 valence electrons. The molecule has 9 heteroatoms. The monoisotopic (exact) mass is 471 g/mol. The number of carbonyl (C=O) groups is 1. The zero-order chi connectivity index (χ0) is 24.2. The number of aromatic nitrogens is 4. The third-order valence-electron chi connectivity index (χ3n) is 5.70. The Kier molecular flexibility index (Phi) is 6.32. The third-order valence-corrected chi connectivity index (χ3v) is 5.70. The number of methoxy groups -OCH3 is 2. The SMILES string of the molecule is COCCOc1ccn2c(C(=O)Nc3cccc4c3cnn4Cc3ccc(OC)cc3)cnc2c1. The minimum Gasteiger partial charge on any atom is -0.497 e. The molecule has 3 heterocycles. The van der Waals surface area contributed by atoms with Gasteiger partial charge in [-0.25, -0.2) is 4.98 Å². The number of hydrogen-bond acceptors (Lipinski definition) is 6. The predicted octanol–water partition coefficient (Wildman–Crippen LogP) is 4.02. The summed E-state index contributed by atoms with van der Waals surface area (Å²) in [6.07, 6.45) is 5.09. The number of imidazole rings is 1. The van der Waals surface area contributed by atoms with Crippen LogP contribution in [0.2, 0.25) is 0 Å². The smallest absolute Gasteiger partial charge is 0.274 e. The number of anilines is 1. The average Bonchev–Trinajstić information content (AvgIpc) is 3.49. The van der Waals surface area contributed by atoms with Gasteiger partial charge in [0, 0.05) is 24.8 Å². The van der Waals surface area contributed by atoms with Crippen molar-refractivity contribution in [2.75, 3.05) is 32.8 Å². The first-order chi connectivity index (χ1) is 17.2. The number of fused-ring (bicyclic) bond motifs is 2. The maximum Gasteiger partial charge on any atom is 0.274 e. The van der Waals surface area contributed by atoms with Gasteiger partial charge >= 0.3 is 0 Å². The molecule has 1 N–H and O–H groups in total. The van der Waals surface area contributed by atoms with E-state index < -0.39 is 0 Å². The minimum atomic E-state index is -0.263. The van der Waals surface area contributed by atoms with Crippen LogP contribution in [-0.2, 0) is 11.3 Å². The molecule has 0 bridgehead atoms. The van der Waals surface area contributed by atoms with E-state index in [-0.39, 0.29) is 5.91 Å². The molecule has 5 rings (SSSR count). The average molecular weight is 472 g/mol. The van der Waals surface area contributed by atoms with Gasteiger partial charge in [0.25, 0.3) is 5.91 Å². The molecule has 0 aliphatic rings. The fraction of sp³-hybridized carbons (Fsp3) is 0.192. The number of amides is 1. The predicted molar refractivity (Wildman–Crippen MR) is 132 cm³/mol. The van der Waals surface area contributed by atoms with Crippen molar-refractivity contribution in [3.63, 3.8) is 0 Å².